The number of methoxy groups -OCH3 is 3. The molecule has 0 unspecified atom stereocenters. The Bertz CT molecular complexity index is 732. The molecule has 0 aliphatic rings. The van der Waals surface area contributed by atoms with Gasteiger partial charge in [-0.05, 0) is 12.1 Å². The van der Waals surface area contributed by atoms with Gasteiger partial charge in [-0.25, -0.2) is 5.43 Å². The second kappa shape index (κ2) is 9.48. The smallest absolute Gasteiger partial charge is 0.250 e. The highest BCUT2D eigenvalue weighted by Crippen LogP contribution is 2.21. The summed E-state index contributed by atoms with van der Waals surface area (Å²) in [7, 11) is 4.56. The molecule has 25 heavy (non-hydrogen) atoms. The quantitative estimate of drug-likeness (QED) is 0.331. The minimum Gasteiger partial charge on any atom is -0.496 e. The molecule has 0 radical (unpaired) electrons. The van der Waals surface area contributed by atoms with Crippen LogP contribution < -0.4 is 19.6 Å². The molecule has 0 aliphatic heterocycles. The van der Waals surface area contributed by atoms with E-state index >= 15 is 0 Å². The number of rotatable bonds is 8. The molecular weight excluding hydrogens is 344 g/mol. The van der Waals surface area contributed by atoms with Gasteiger partial charge in [0.1, 0.15) is 5.75 Å². The number of nitrogens with one attached hydrogen (secondary N) is 1. The van der Waals surface area contributed by atoms with Crippen LogP contribution in [0, 0.1) is 0 Å². The Morgan fingerprint density at radius 2 is 1.84 bits per heavy atom. The van der Waals surface area contributed by atoms with Crippen LogP contribution in [-0.2, 0) is 4.79 Å². The summed E-state index contributed by atoms with van der Waals surface area (Å²) in [5, 5.41) is 4.30. The van der Waals surface area contributed by atoms with Crippen molar-refractivity contribution in [2.75, 3.05) is 27.1 Å². The standard InChI is InChI=1S/C16H18N4O4S/c1-22-12-7-5-4-6-11(12)9-17-20-13(21)10-25-16-18-14(23-2)8-15(19-16)24-3/h4-9H,10H2,1-3H3,(H,20,21)/b17-9+. The number of hydrogen-bond donors (Lipinski definition) is 1. The molecule has 0 atom stereocenters. The fourth-order valence-electron chi connectivity index (χ4n) is 1.77. The van der Waals surface area contributed by atoms with Crippen LogP contribution in [-0.4, -0.2) is 49.2 Å². The molecule has 0 aliphatic carbocycles. The van der Waals surface area contributed by atoms with E-state index < -0.39 is 0 Å². The number of nitrogens with zero attached hydrogens (tertiary/aromatic N) is 3. The molecule has 0 spiro atoms. The molecule has 1 aromatic heterocycles. The number of amides is 1. The Kier molecular flexibility index (Phi) is 7.02. The number of thioether (sulfide) groups is 1. The molecule has 2 aromatic rings. The Labute approximate surface area is 149 Å². The second-order valence-electron chi connectivity index (χ2n) is 4.56. The van der Waals surface area contributed by atoms with Crippen molar-refractivity contribution in [2.45, 2.75) is 5.16 Å². The maximum absolute atomic E-state index is 11.9. The Morgan fingerprint density at radius 3 is 2.48 bits per heavy atom. The van der Waals surface area contributed by atoms with Crippen molar-refractivity contribution in [3.05, 3.63) is 35.9 Å². The zero-order valence-corrected chi connectivity index (χ0v) is 14.9. The predicted octanol–water partition coefficient (Wildman–Crippen LogP) is 1.74. The molecule has 8 nitrogen and oxygen atoms in total. The first-order valence-electron chi connectivity index (χ1n) is 7.21. The van der Waals surface area contributed by atoms with Crippen molar-refractivity contribution in [1.82, 2.24) is 15.4 Å². The first-order chi connectivity index (χ1) is 12.2. The Balaban J connectivity index is 1.89. The van der Waals surface area contributed by atoms with E-state index in [1.54, 1.807) is 13.2 Å². The van der Waals surface area contributed by atoms with Crippen molar-refractivity contribution < 1.29 is 19.0 Å². The van der Waals surface area contributed by atoms with Crippen molar-refractivity contribution in [3.8, 4) is 17.5 Å². The predicted molar refractivity (Wildman–Crippen MR) is 94.6 cm³/mol. The third kappa shape index (κ3) is 5.64. The van der Waals surface area contributed by atoms with Crippen LogP contribution in [0.1, 0.15) is 5.56 Å². The first-order valence-corrected chi connectivity index (χ1v) is 8.19. The van der Waals surface area contributed by atoms with Gasteiger partial charge in [0.2, 0.25) is 11.8 Å². The SMILES string of the molecule is COc1cc(OC)nc(SCC(=O)N/N=C/c2ccccc2OC)n1. The van der Waals surface area contributed by atoms with Crippen LogP contribution in [0.3, 0.4) is 0 Å². The van der Waals surface area contributed by atoms with Gasteiger partial charge in [-0.1, -0.05) is 23.9 Å². The number of ether oxygens (including phenoxy) is 3. The molecule has 2 rings (SSSR count). The summed E-state index contributed by atoms with van der Waals surface area (Å²) in [6, 6.07) is 8.91. The number of benzene rings is 1. The highest BCUT2D eigenvalue weighted by molar-refractivity contribution is 7.99. The van der Waals surface area contributed by atoms with Gasteiger partial charge in [0, 0.05) is 5.56 Å². The van der Waals surface area contributed by atoms with Crippen LogP contribution in [0.15, 0.2) is 40.6 Å². The molecule has 0 fully saturated rings. The molecule has 1 amide bonds. The van der Waals surface area contributed by atoms with E-state index in [4.69, 9.17) is 14.2 Å². The van der Waals surface area contributed by atoms with Crippen LogP contribution >= 0.6 is 11.8 Å². The first kappa shape index (κ1) is 18.5. The number of hydrazone groups is 1. The van der Waals surface area contributed by atoms with E-state index in [1.165, 1.54) is 20.4 Å². The molecule has 0 bridgehead atoms. The lowest BCUT2D eigenvalue weighted by Gasteiger charge is -2.05. The topological polar surface area (TPSA) is 94.9 Å². The lowest BCUT2D eigenvalue weighted by molar-refractivity contribution is -0.118. The molecule has 0 saturated heterocycles. The summed E-state index contributed by atoms with van der Waals surface area (Å²) < 4.78 is 15.3. The highest BCUT2D eigenvalue weighted by Gasteiger charge is 2.08. The van der Waals surface area contributed by atoms with Gasteiger partial charge < -0.3 is 14.2 Å². The monoisotopic (exact) mass is 362 g/mol. The summed E-state index contributed by atoms with van der Waals surface area (Å²) in [5.74, 6) is 1.21. The highest BCUT2D eigenvalue weighted by atomic mass is 32.2. The Hall–Kier alpha value is -2.81. The van der Waals surface area contributed by atoms with Crippen LogP contribution in [0.2, 0.25) is 0 Å². The van der Waals surface area contributed by atoms with E-state index in [0.29, 0.717) is 22.7 Å². The van der Waals surface area contributed by atoms with Gasteiger partial charge >= 0.3 is 0 Å². The number of carbonyl (C=O) groups is 1. The molecule has 132 valence electrons. The van der Waals surface area contributed by atoms with Crippen LogP contribution in [0.25, 0.3) is 0 Å². The summed E-state index contributed by atoms with van der Waals surface area (Å²) in [4.78, 5) is 20.1. The zero-order valence-electron chi connectivity index (χ0n) is 14.1. The largest absolute Gasteiger partial charge is 0.496 e. The zero-order chi connectivity index (χ0) is 18.1. The summed E-state index contributed by atoms with van der Waals surface area (Å²) in [6.45, 7) is 0. The summed E-state index contributed by atoms with van der Waals surface area (Å²) in [5.41, 5.74) is 3.21. The van der Waals surface area contributed by atoms with E-state index in [2.05, 4.69) is 20.5 Å². The second-order valence-corrected chi connectivity index (χ2v) is 5.50. The lowest BCUT2D eigenvalue weighted by atomic mass is 10.2. The Morgan fingerprint density at radius 1 is 1.16 bits per heavy atom. The molecule has 1 aromatic carbocycles. The number of hydrogen-bond acceptors (Lipinski definition) is 8. The minimum atomic E-state index is -0.290. The molecule has 1 N–H and O–H groups in total. The van der Waals surface area contributed by atoms with Gasteiger partial charge in [-0.15, -0.1) is 0 Å². The average Bonchev–Trinajstić information content (AvgIpc) is 2.66. The van der Waals surface area contributed by atoms with Crippen molar-refractivity contribution >= 4 is 23.9 Å². The van der Waals surface area contributed by atoms with E-state index in [-0.39, 0.29) is 11.7 Å². The van der Waals surface area contributed by atoms with E-state index in [1.807, 2.05) is 24.3 Å². The third-order valence-electron chi connectivity index (χ3n) is 2.94. The van der Waals surface area contributed by atoms with Gasteiger partial charge in [-0.2, -0.15) is 15.1 Å². The third-order valence-corrected chi connectivity index (χ3v) is 3.79. The van der Waals surface area contributed by atoms with Gasteiger partial charge in [0.15, 0.2) is 5.16 Å². The number of para-hydroxylation sites is 1. The van der Waals surface area contributed by atoms with E-state index in [9.17, 15) is 4.79 Å². The summed E-state index contributed by atoms with van der Waals surface area (Å²) >= 11 is 1.15. The maximum atomic E-state index is 11.9. The van der Waals surface area contributed by atoms with Gasteiger partial charge in [0.25, 0.3) is 5.91 Å². The summed E-state index contributed by atoms with van der Waals surface area (Å²) in [6.07, 6.45) is 1.52. The van der Waals surface area contributed by atoms with Gasteiger partial charge in [0.05, 0.1) is 39.4 Å². The van der Waals surface area contributed by atoms with E-state index in [0.717, 1.165) is 17.3 Å². The fraction of sp³-hybridized carbons (Fsp3) is 0.250. The molecule has 1 heterocycles. The number of carbonyl (C=O) groups excluding carboxylic acids is 1. The van der Waals surface area contributed by atoms with Crippen molar-refractivity contribution in [3.63, 3.8) is 0 Å². The normalized spacial score (nSPS) is 10.5. The van der Waals surface area contributed by atoms with Gasteiger partial charge in [-0.3, -0.25) is 4.79 Å². The maximum Gasteiger partial charge on any atom is 0.250 e. The minimum absolute atomic E-state index is 0.0968. The fourth-order valence-corrected chi connectivity index (χ4v) is 2.40. The molecule has 0 saturated carbocycles. The van der Waals surface area contributed by atoms with Crippen molar-refractivity contribution in [1.29, 1.82) is 0 Å². The average molecular weight is 362 g/mol. The lowest BCUT2D eigenvalue weighted by Crippen LogP contribution is -2.19. The number of aromatic nitrogens is 2. The van der Waals surface area contributed by atoms with Crippen LogP contribution in [0.5, 0.6) is 17.5 Å². The van der Waals surface area contributed by atoms with Crippen molar-refractivity contribution in [2.24, 2.45) is 5.10 Å². The van der Waals surface area contributed by atoms with Crippen LogP contribution in [0.4, 0.5) is 0 Å². The molecular formula is C16H18N4O4S. The molecule has 9 heteroatoms.